The molecule has 5 rings (SSSR count). The highest BCUT2D eigenvalue weighted by molar-refractivity contribution is 5.90. The van der Waals surface area contributed by atoms with E-state index in [1.807, 2.05) is 6.07 Å². The zero-order valence-electron chi connectivity index (χ0n) is 19.4. The fourth-order valence-electron chi connectivity index (χ4n) is 4.39. The maximum absolute atomic E-state index is 13.1. The van der Waals surface area contributed by atoms with Crippen molar-refractivity contribution in [1.29, 1.82) is 0 Å². The molecule has 1 aliphatic heterocycles. The SMILES string of the molecule is COC(=O)C[C@@H](c1cc(OC)c2c(c1)OCO2)c1c(O)cc(O)c2c(=O)cc(-c3ccccc3)oc12. The van der Waals surface area contributed by atoms with Gasteiger partial charge in [0.05, 0.1) is 20.6 Å². The molecule has 4 aromatic rings. The molecule has 9 nitrogen and oxygen atoms in total. The highest BCUT2D eigenvalue weighted by Crippen LogP contribution is 2.48. The number of rotatable bonds is 6. The van der Waals surface area contributed by atoms with Crippen LogP contribution in [-0.4, -0.2) is 37.2 Å². The van der Waals surface area contributed by atoms with Gasteiger partial charge in [-0.25, -0.2) is 0 Å². The number of methoxy groups -OCH3 is 2. The maximum atomic E-state index is 13.1. The Morgan fingerprint density at radius 2 is 1.81 bits per heavy atom. The first-order valence-corrected chi connectivity index (χ1v) is 11.0. The van der Waals surface area contributed by atoms with Gasteiger partial charge in [-0.2, -0.15) is 0 Å². The Balaban J connectivity index is 1.81. The van der Waals surface area contributed by atoms with Gasteiger partial charge in [-0.15, -0.1) is 0 Å². The predicted octanol–water partition coefficient (Wildman–Crippen LogP) is 4.30. The molecule has 9 heteroatoms. The number of carbonyl (C=O) groups is 1. The summed E-state index contributed by atoms with van der Waals surface area (Å²) in [6.45, 7) is -0.000480. The van der Waals surface area contributed by atoms with E-state index in [2.05, 4.69) is 0 Å². The first kappa shape index (κ1) is 23.1. The Hall–Kier alpha value is -4.66. The molecule has 0 saturated carbocycles. The Morgan fingerprint density at radius 1 is 1.03 bits per heavy atom. The van der Waals surface area contributed by atoms with Gasteiger partial charge in [0.1, 0.15) is 28.2 Å². The molecule has 0 unspecified atom stereocenters. The topological polar surface area (TPSA) is 125 Å². The fraction of sp³-hybridized carbons (Fsp3) is 0.185. The summed E-state index contributed by atoms with van der Waals surface area (Å²) >= 11 is 0. The average molecular weight is 490 g/mol. The van der Waals surface area contributed by atoms with Gasteiger partial charge in [0.25, 0.3) is 0 Å². The van der Waals surface area contributed by atoms with E-state index in [9.17, 15) is 19.8 Å². The van der Waals surface area contributed by atoms with Crippen LogP contribution < -0.4 is 19.6 Å². The second kappa shape index (κ2) is 9.18. The molecule has 2 heterocycles. The van der Waals surface area contributed by atoms with Gasteiger partial charge in [0.15, 0.2) is 16.9 Å². The summed E-state index contributed by atoms with van der Waals surface area (Å²) in [5.41, 5.74) is 0.707. The summed E-state index contributed by atoms with van der Waals surface area (Å²) in [4.78, 5) is 25.6. The Bertz CT molecular complexity index is 1520. The number of carbonyl (C=O) groups excluding carboxylic acids is 1. The van der Waals surface area contributed by atoms with E-state index in [1.165, 1.54) is 20.3 Å². The molecule has 0 aliphatic carbocycles. The minimum absolute atomic E-state index is 0.000480. The summed E-state index contributed by atoms with van der Waals surface area (Å²) < 4.78 is 27.5. The van der Waals surface area contributed by atoms with Crippen molar-refractivity contribution >= 4 is 16.9 Å². The lowest BCUT2D eigenvalue weighted by atomic mass is 9.86. The third-order valence-electron chi connectivity index (χ3n) is 6.09. The summed E-state index contributed by atoms with van der Waals surface area (Å²) in [6.07, 6.45) is -0.216. The van der Waals surface area contributed by atoms with Gasteiger partial charge < -0.3 is 33.6 Å². The molecule has 0 amide bonds. The van der Waals surface area contributed by atoms with E-state index in [1.54, 1.807) is 36.4 Å². The van der Waals surface area contributed by atoms with Crippen molar-refractivity contribution < 1.29 is 38.4 Å². The summed E-state index contributed by atoms with van der Waals surface area (Å²) in [6, 6.07) is 14.6. The molecule has 0 saturated heterocycles. The summed E-state index contributed by atoms with van der Waals surface area (Å²) in [7, 11) is 2.72. The molecule has 3 aromatic carbocycles. The number of hydrogen-bond acceptors (Lipinski definition) is 9. The maximum Gasteiger partial charge on any atom is 0.306 e. The van der Waals surface area contributed by atoms with Crippen LogP contribution in [0, 0.1) is 0 Å². The van der Waals surface area contributed by atoms with Crippen LogP contribution in [0.5, 0.6) is 28.7 Å². The number of hydrogen-bond donors (Lipinski definition) is 2. The monoisotopic (exact) mass is 490 g/mol. The van der Waals surface area contributed by atoms with E-state index in [0.717, 1.165) is 6.07 Å². The van der Waals surface area contributed by atoms with Crippen molar-refractivity contribution in [3.63, 3.8) is 0 Å². The van der Waals surface area contributed by atoms with Gasteiger partial charge in [0.2, 0.25) is 12.5 Å². The van der Waals surface area contributed by atoms with Crippen LogP contribution >= 0.6 is 0 Å². The number of benzene rings is 3. The highest BCUT2D eigenvalue weighted by Gasteiger charge is 2.31. The van der Waals surface area contributed by atoms with E-state index in [4.69, 9.17) is 23.4 Å². The Kier molecular flexibility index (Phi) is 5.89. The normalized spacial score (nSPS) is 12.9. The van der Waals surface area contributed by atoms with Gasteiger partial charge in [-0.1, -0.05) is 30.3 Å². The minimum atomic E-state index is -0.863. The lowest BCUT2D eigenvalue weighted by molar-refractivity contribution is -0.140. The van der Waals surface area contributed by atoms with E-state index >= 15 is 0 Å². The smallest absolute Gasteiger partial charge is 0.306 e. The number of fused-ring (bicyclic) bond motifs is 2. The lowest BCUT2D eigenvalue weighted by Gasteiger charge is -2.21. The molecule has 36 heavy (non-hydrogen) atoms. The standard InChI is InChI=1S/C27H22O9/c1-32-21-8-15(9-22-26(21)35-13-34-22)16(10-23(31)33-2)24-17(28)11-18(29)25-19(30)12-20(36-27(24)25)14-6-4-3-5-7-14/h3-9,11-12,16,28-29H,10,13H2,1-2H3/t16-/m0/s1. The lowest BCUT2D eigenvalue weighted by Crippen LogP contribution is -2.12. The quantitative estimate of drug-likeness (QED) is 0.381. The van der Waals surface area contributed by atoms with Gasteiger partial charge in [0, 0.05) is 29.2 Å². The summed E-state index contributed by atoms with van der Waals surface area (Å²) in [5.74, 6) is -0.831. The molecule has 0 radical (unpaired) electrons. The van der Waals surface area contributed by atoms with Crippen molar-refractivity contribution in [1.82, 2.24) is 0 Å². The Morgan fingerprint density at radius 3 is 2.53 bits per heavy atom. The van der Waals surface area contributed by atoms with Gasteiger partial charge in [-0.3, -0.25) is 9.59 Å². The Labute approximate surface area is 205 Å². The third kappa shape index (κ3) is 3.94. The molecule has 0 bridgehead atoms. The number of aromatic hydroxyl groups is 2. The van der Waals surface area contributed by atoms with Crippen LogP contribution in [0.2, 0.25) is 0 Å². The number of phenols is 2. The zero-order valence-corrected chi connectivity index (χ0v) is 19.4. The molecular weight excluding hydrogens is 468 g/mol. The molecule has 1 aromatic heterocycles. The fourth-order valence-corrected chi connectivity index (χ4v) is 4.39. The molecular formula is C27H22O9. The largest absolute Gasteiger partial charge is 0.507 e. The molecule has 0 fully saturated rings. The van der Waals surface area contributed by atoms with Crippen molar-refractivity contribution in [3.05, 3.63) is 75.9 Å². The van der Waals surface area contributed by atoms with Gasteiger partial charge in [-0.05, 0) is 17.7 Å². The van der Waals surface area contributed by atoms with Crippen LogP contribution in [0.1, 0.15) is 23.5 Å². The third-order valence-corrected chi connectivity index (χ3v) is 6.09. The van der Waals surface area contributed by atoms with Crippen molar-refractivity contribution in [3.8, 4) is 40.1 Å². The number of ether oxygens (including phenoxy) is 4. The van der Waals surface area contributed by atoms with Crippen molar-refractivity contribution in [2.24, 2.45) is 0 Å². The molecule has 1 aliphatic rings. The predicted molar refractivity (Wildman–Crippen MR) is 129 cm³/mol. The second-order valence-electron chi connectivity index (χ2n) is 8.16. The van der Waals surface area contributed by atoms with E-state index in [0.29, 0.717) is 28.4 Å². The van der Waals surface area contributed by atoms with E-state index in [-0.39, 0.29) is 41.3 Å². The molecule has 0 spiro atoms. The molecule has 184 valence electrons. The summed E-state index contributed by atoms with van der Waals surface area (Å²) in [5, 5.41) is 21.4. The van der Waals surface area contributed by atoms with Gasteiger partial charge >= 0.3 is 5.97 Å². The van der Waals surface area contributed by atoms with Crippen LogP contribution in [0.15, 0.2) is 63.8 Å². The minimum Gasteiger partial charge on any atom is -0.507 e. The van der Waals surface area contributed by atoms with Crippen LogP contribution in [-0.2, 0) is 9.53 Å². The first-order valence-electron chi connectivity index (χ1n) is 11.0. The van der Waals surface area contributed by atoms with Crippen LogP contribution in [0.3, 0.4) is 0 Å². The number of esters is 1. The number of phenolic OH excluding ortho intramolecular Hbond substituents is 2. The first-order chi connectivity index (χ1) is 17.4. The average Bonchev–Trinajstić information content (AvgIpc) is 3.36. The second-order valence-corrected chi connectivity index (χ2v) is 8.16. The van der Waals surface area contributed by atoms with Crippen molar-refractivity contribution in [2.45, 2.75) is 12.3 Å². The molecule has 2 N–H and O–H groups in total. The van der Waals surface area contributed by atoms with Crippen LogP contribution in [0.4, 0.5) is 0 Å². The molecule has 1 atom stereocenters. The highest BCUT2D eigenvalue weighted by atomic mass is 16.7. The van der Waals surface area contributed by atoms with Crippen molar-refractivity contribution in [2.75, 3.05) is 21.0 Å². The van der Waals surface area contributed by atoms with E-state index < -0.39 is 23.1 Å². The zero-order chi connectivity index (χ0) is 25.4. The van der Waals surface area contributed by atoms with Crippen LogP contribution in [0.25, 0.3) is 22.3 Å².